The summed E-state index contributed by atoms with van der Waals surface area (Å²) in [7, 11) is 0. The number of thiazole rings is 1. The molecule has 7 heteroatoms. The van der Waals surface area contributed by atoms with Crippen LogP contribution in [0.1, 0.15) is 60.1 Å². The molecule has 1 amide bonds. The summed E-state index contributed by atoms with van der Waals surface area (Å²) in [5, 5.41) is 5.87. The minimum Gasteiger partial charge on any atom is -0.486 e. The summed E-state index contributed by atoms with van der Waals surface area (Å²) in [5.74, 6) is -0.411. The Morgan fingerprint density at radius 2 is 2.00 bits per heavy atom. The quantitative estimate of drug-likeness (QED) is 0.708. The maximum atomic E-state index is 12.6. The molecule has 0 bridgehead atoms. The second-order valence-corrected chi connectivity index (χ2v) is 8.10. The zero-order chi connectivity index (χ0) is 19.9. The van der Waals surface area contributed by atoms with Gasteiger partial charge in [-0.25, -0.2) is 9.78 Å². The van der Waals surface area contributed by atoms with Crippen molar-refractivity contribution in [2.75, 3.05) is 0 Å². The maximum absolute atomic E-state index is 12.6. The smallest absolute Gasteiger partial charge is 0.342 e. The Hall–Kier alpha value is -2.41. The fraction of sp³-hybridized carbons (Fsp3) is 0.476. The summed E-state index contributed by atoms with van der Waals surface area (Å²) in [6.07, 6.45) is 4.58. The highest BCUT2D eigenvalue weighted by Gasteiger charge is 2.24. The average Bonchev–Trinajstić information content (AvgIpc) is 3.12. The topological polar surface area (TPSA) is 77.5 Å². The number of aryl methyl sites for hydroxylation is 1. The number of para-hydroxylation sites is 1. The van der Waals surface area contributed by atoms with E-state index in [1.807, 2.05) is 12.3 Å². The van der Waals surface area contributed by atoms with Crippen LogP contribution in [0, 0.1) is 6.92 Å². The van der Waals surface area contributed by atoms with E-state index in [9.17, 15) is 9.59 Å². The highest BCUT2D eigenvalue weighted by Crippen LogP contribution is 2.22. The zero-order valence-electron chi connectivity index (χ0n) is 16.3. The van der Waals surface area contributed by atoms with Gasteiger partial charge in [-0.2, -0.15) is 0 Å². The lowest BCUT2D eigenvalue weighted by Crippen LogP contribution is -2.42. The number of benzene rings is 1. The van der Waals surface area contributed by atoms with Crippen LogP contribution in [0.5, 0.6) is 5.75 Å². The van der Waals surface area contributed by atoms with E-state index in [4.69, 9.17) is 9.47 Å². The van der Waals surface area contributed by atoms with Gasteiger partial charge in [0.15, 0.2) is 6.10 Å². The van der Waals surface area contributed by atoms with E-state index in [1.54, 1.807) is 42.5 Å². The predicted molar refractivity (Wildman–Crippen MR) is 108 cm³/mol. The number of carbonyl (C=O) groups is 2. The molecule has 0 radical (unpaired) electrons. The van der Waals surface area contributed by atoms with Gasteiger partial charge in [0.2, 0.25) is 0 Å². The van der Waals surface area contributed by atoms with Crippen molar-refractivity contribution in [3.05, 3.63) is 45.9 Å². The van der Waals surface area contributed by atoms with Crippen molar-refractivity contribution in [2.45, 2.75) is 64.7 Å². The lowest BCUT2D eigenvalue weighted by atomic mass is 9.95. The number of carbonyl (C=O) groups excluding carboxylic acids is 2. The first-order chi connectivity index (χ1) is 13.5. The van der Waals surface area contributed by atoms with Crippen molar-refractivity contribution in [1.82, 2.24) is 10.3 Å². The Bertz CT molecular complexity index is 814. The molecule has 2 aromatic rings. The number of aromatic nitrogens is 1. The van der Waals surface area contributed by atoms with Crippen LogP contribution in [0.25, 0.3) is 0 Å². The fourth-order valence-corrected chi connectivity index (χ4v) is 3.83. The second-order valence-electron chi connectivity index (χ2n) is 7.03. The number of nitrogens with zero attached hydrogens (tertiary/aromatic N) is 1. The van der Waals surface area contributed by atoms with Crippen LogP contribution >= 0.6 is 11.3 Å². The van der Waals surface area contributed by atoms with E-state index in [0.717, 1.165) is 36.4 Å². The molecule has 1 aromatic carbocycles. The summed E-state index contributed by atoms with van der Waals surface area (Å²) >= 11 is 1.55. The Labute approximate surface area is 169 Å². The van der Waals surface area contributed by atoms with Gasteiger partial charge in [0.05, 0.1) is 10.7 Å². The average molecular weight is 403 g/mol. The summed E-state index contributed by atoms with van der Waals surface area (Å²) < 4.78 is 11.2. The molecule has 0 unspecified atom stereocenters. The van der Waals surface area contributed by atoms with Crippen LogP contribution in [0.3, 0.4) is 0 Å². The van der Waals surface area contributed by atoms with Gasteiger partial charge in [-0.1, -0.05) is 31.4 Å². The first kappa shape index (κ1) is 20.3. The van der Waals surface area contributed by atoms with E-state index >= 15 is 0 Å². The van der Waals surface area contributed by atoms with E-state index in [-0.39, 0.29) is 18.6 Å². The monoisotopic (exact) mass is 402 g/mol. The van der Waals surface area contributed by atoms with Crippen LogP contribution in [0.2, 0.25) is 0 Å². The minimum absolute atomic E-state index is 0.180. The Morgan fingerprint density at radius 1 is 1.25 bits per heavy atom. The van der Waals surface area contributed by atoms with Crippen LogP contribution in [-0.2, 0) is 16.1 Å². The molecule has 1 aliphatic carbocycles. The molecular formula is C21H26N2O4S. The molecule has 28 heavy (non-hydrogen) atoms. The number of hydrogen-bond acceptors (Lipinski definition) is 6. The van der Waals surface area contributed by atoms with Gasteiger partial charge in [0.1, 0.15) is 17.9 Å². The van der Waals surface area contributed by atoms with Crippen molar-refractivity contribution in [1.29, 1.82) is 0 Å². The number of ether oxygens (including phenoxy) is 2. The highest BCUT2D eigenvalue weighted by molar-refractivity contribution is 7.09. The first-order valence-electron chi connectivity index (χ1n) is 9.67. The molecular weight excluding hydrogens is 376 g/mol. The van der Waals surface area contributed by atoms with Gasteiger partial charge in [0, 0.05) is 11.4 Å². The van der Waals surface area contributed by atoms with Crippen molar-refractivity contribution in [2.24, 2.45) is 0 Å². The fourth-order valence-electron chi connectivity index (χ4n) is 3.23. The van der Waals surface area contributed by atoms with Crippen LogP contribution < -0.4 is 10.1 Å². The van der Waals surface area contributed by atoms with E-state index < -0.39 is 12.1 Å². The zero-order valence-corrected chi connectivity index (χ0v) is 17.1. The van der Waals surface area contributed by atoms with Gasteiger partial charge in [-0.05, 0) is 38.8 Å². The molecule has 1 fully saturated rings. The molecule has 1 N–H and O–H groups in total. The summed E-state index contributed by atoms with van der Waals surface area (Å²) in [5.41, 5.74) is 1.11. The standard InChI is InChI=1S/C21H26N2O4S/c1-14(20(24)23-16-8-4-3-5-9-16)27-21(25)18-10-6-7-11-19(18)26-12-17-13-28-15(2)22-17/h6-7,10-11,13-14,16H,3-5,8-9,12H2,1-2H3,(H,23,24)/t14-/m1/s1. The van der Waals surface area contributed by atoms with Crippen molar-refractivity contribution in [3.8, 4) is 5.75 Å². The van der Waals surface area contributed by atoms with Gasteiger partial charge < -0.3 is 14.8 Å². The molecule has 3 rings (SSSR count). The number of nitrogens with one attached hydrogen (secondary N) is 1. The molecule has 150 valence electrons. The minimum atomic E-state index is -0.858. The summed E-state index contributed by atoms with van der Waals surface area (Å²) in [6, 6.07) is 7.05. The van der Waals surface area contributed by atoms with Gasteiger partial charge >= 0.3 is 5.97 Å². The van der Waals surface area contributed by atoms with E-state index in [2.05, 4.69) is 10.3 Å². The van der Waals surface area contributed by atoms with Crippen LogP contribution in [0.4, 0.5) is 0 Å². The van der Waals surface area contributed by atoms with E-state index in [0.29, 0.717) is 11.3 Å². The van der Waals surface area contributed by atoms with Crippen molar-refractivity contribution in [3.63, 3.8) is 0 Å². The third-order valence-corrected chi connectivity index (χ3v) is 5.58. The summed E-state index contributed by atoms with van der Waals surface area (Å²) in [4.78, 5) is 29.3. The van der Waals surface area contributed by atoms with Crippen molar-refractivity contribution < 1.29 is 19.1 Å². The largest absolute Gasteiger partial charge is 0.486 e. The predicted octanol–water partition coefficient (Wildman–Crippen LogP) is 4.02. The molecule has 1 aliphatic rings. The van der Waals surface area contributed by atoms with Crippen LogP contribution in [0.15, 0.2) is 29.6 Å². The SMILES string of the molecule is Cc1nc(COc2ccccc2C(=O)O[C@H](C)C(=O)NC2CCCCC2)cs1. The number of hydrogen-bond donors (Lipinski definition) is 1. The molecule has 1 atom stereocenters. The third kappa shape index (κ3) is 5.55. The Kier molecular flexibility index (Phi) is 7.03. The number of amides is 1. The van der Waals surface area contributed by atoms with Gasteiger partial charge in [-0.15, -0.1) is 11.3 Å². The second kappa shape index (κ2) is 9.68. The first-order valence-corrected chi connectivity index (χ1v) is 10.5. The molecule has 1 heterocycles. The third-order valence-electron chi connectivity index (χ3n) is 4.75. The Balaban J connectivity index is 1.57. The Morgan fingerprint density at radius 3 is 2.71 bits per heavy atom. The van der Waals surface area contributed by atoms with Crippen LogP contribution in [-0.4, -0.2) is 29.0 Å². The molecule has 0 spiro atoms. The lowest BCUT2D eigenvalue weighted by molar-refractivity contribution is -0.130. The molecule has 0 aliphatic heterocycles. The maximum Gasteiger partial charge on any atom is 0.342 e. The lowest BCUT2D eigenvalue weighted by Gasteiger charge is -2.24. The molecule has 6 nitrogen and oxygen atoms in total. The molecule has 0 saturated heterocycles. The van der Waals surface area contributed by atoms with Crippen molar-refractivity contribution >= 4 is 23.2 Å². The van der Waals surface area contributed by atoms with Gasteiger partial charge in [0.25, 0.3) is 5.91 Å². The van der Waals surface area contributed by atoms with E-state index in [1.165, 1.54) is 6.42 Å². The number of rotatable bonds is 7. The van der Waals surface area contributed by atoms with Gasteiger partial charge in [-0.3, -0.25) is 4.79 Å². The summed E-state index contributed by atoms with van der Waals surface area (Å²) in [6.45, 7) is 3.79. The number of esters is 1. The molecule has 1 saturated carbocycles. The normalized spacial score (nSPS) is 15.6. The highest BCUT2D eigenvalue weighted by atomic mass is 32.1. The molecule has 1 aromatic heterocycles.